The van der Waals surface area contributed by atoms with Crippen LogP contribution in [0.4, 0.5) is 0 Å². The molecule has 0 saturated carbocycles. The lowest BCUT2D eigenvalue weighted by Gasteiger charge is -2.28. The fourth-order valence-electron chi connectivity index (χ4n) is 2.91. The molecule has 0 spiro atoms. The first kappa shape index (κ1) is 13.3. The molecule has 20 heavy (non-hydrogen) atoms. The first-order chi connectivity index (χ1) is 9.85. The van der Waals surface area contributed by atoms with Gasteiger partial charge in [-0.25, -0.2) is 0 Å². The van der Waals surface area contributed by atoms with Crippen molar-refractivity contribution in [1.82, 2.24) is 10.2 Å². The topological polar surface area (TPSA) is 15.3 Å². The molecule has 2 aromatic carbocycles. The van der Waals surface area contributed by atoms with Gasteiger partial charge in [-0.15, -0.1) is 0 Å². The highest BCUT2D eigenvalue weighted by Crippen LogP contribution is 2.20. The van der Waals surface area contributed by atoms with E-state index in [0.29, 0.717) is 0 Å². The van der Waals surface area contributed by atoms with Gasteiger partial charge in [-0.2, -0.15) is 0 Å². The van der Waals surface area contributed by atoms with Crippen molar-refractivity contribution >= 4 is 0 Å². The van der Waals surface area contributed by atoms with Crippen molar-refractivity contribution in [2.45, 2.75) is 26.1 Å². The Balaban J connectivity index is 1.64. The molecule has 0 fully saturated rings. The van der Waals surface area contributed by atoms with Gasteiger partial charge in [-0.05, 0) is 35.7 Å². The average molecular weight is 266 g/mol. The maximum atomic E-state index is 3.19. The number of hydrogen-bond donors (Lipinski definition) is 1. The van der Waals surface area contributed by atoms with Crippen molar-refractivity contribution in [1.29, 1.82) is 0 Å². The van der Waals surface area contributed by atoms with Crippen LogP contribution < -0.4 is 5.32 Å². The Hall–Kier alpha value is -1.64. The van der Waals surface area contributed by atoms with Crippen LogP contribution in [-0.2, 0) is 26.1 Å². The van der Waals surface area contributed by atoms with Gasteiger partial charge in [0, 0.05) is 26.2 Å². The smallest absolute Gasteiger partial charge is 0.0240 e. The molecule has 0 saturated heterocycles. The number of hydrogen-bond acceptors (Lipinski definition) is 2. The Kier molecular flexibility index (Phi) is 4.14. The van der Waals surface area contributed by atoms with E-state index in [4.69, 9.17) is 0 Å². The van der Waals surface area contributed by atoms with E-state index in [1.807, 2.05) is 7.05 Å². The van der Waals surface area contributed by atoms with Gasteiger partial charge in [0.05, 0.1) is 0 Å². The van der Waals surface area contributed by atoms with Gasteiger partial charge >= 0.3 is 0 Å². The number of nitrogens with one attached hydrogen (secondary N) is 1. The van der Waals surface area contributed by atoms with Crippen molar-refractivity contribution in [3.05, 3.63) is 70.8 Å². The lowest BCUT2D eigenvalue weighted by Crippen LogP contribution is -2.29. The van der Waals surface area contributed by atoms with E-state index in [1.54, 1.807) is 0 Å². The molecule has 0 unspecified atom stereocenters. The Morgan fingerprint density at radius 3 is 2.40 bits per heavy atom. The highest BCUT2D eigenvalue weighted by molar-refractivity contribution is 5.29. The van der Waals surface area contributed by atoms with Gasteiger partial charge in [-0.1, -0.05) is 48.5 Å². The Labute approximate surface area is 121 Å². The van der Waals surface area contributed by atoms with Gasteiger partial charge in [0.25, 0.3) is 0 Å². The van der Waals surface area contributed by atoms with Crippen molar-refractivity contribution in [3.8, 4) is 0 Å². The summed E-state index contributed by atoms with van der Waals surface area (Å²) in [7, 11) is 1.99. The molecule has 2 aromatic rings. The summed E-state index contributed by atoms with van der Waals surface area (Å²) in [5, 5.41) is 3.19. The van der Waals surface area contributed by atoms with Crippen LogP contribution in [0.2, 0.25) is 0 Å². The molecule has 0 amide bonds. The summed E-state index contributed by atoms with van der Waals surface area (Å²) in [6.45, 7) is 4.23. The standard InChI is InChI=1S/C18H22N2/c1-19-12-15-6-8-16(9-7-15)13-20-11-10-17-4-2-3-5-18(17)14-20/h2-9,19H,10-14H2,1H3. The summed E-state index contributed by atoms with van der Waals surface area (Å²) >= 11 is 0. The summed E-state index contributed by atoms with van der Waals surface area (Å²) in [6, 6.07) is 17.8. The molecule has 1 aliphatic rings. The van der Waals surface area contributed by atoms with E-state index in [9.17, 15) is 0 Å². The minimum absolute atomic E-state index is 0.942. The average Bonchev–Trinajstić information content (AvgIpc) is 2.49. The maximum absolute atomic E-state index is 3.19. The lowest BCUT2D eigenvalue weighted by molar-refractivity contribution is 0.245. The molecule has 1 heterocycles. The van der Waals surface area contributed by atoms with Crippen LogP contribution in [0.25, 0.3) is 0 Å². The molecule has 3 rings (SSSR count). The molecule has 0 bridgehead atoms. The second-order valence-corrected chi connectivity index (χ2v) is 5.58. The number of nitrogens with zero attached hydrogens (tertiary/aromatic N) is 1. The Bertz CT molecular complexity index is 560. The highest BCUT2D eigenvalue weighted by Gasteiger charge is 2.15. The van der Waals surface area contributed by atoms with E-state index in [2.05, 4.69) is 58.7 Å². The summed E-state index contributed by atoms with van der Waals surface area (Å²) in [5.74, 6) is 0. The van der Waals surface area contributed by atoms with Crippen molar-refractivity contribution in [3.63, 3.8) is 0 Å². The van der Waals surface area contributed by atoms with Crippen molar-refractivity contribution in [2.24, 2.45) is 0 Å². The van der Waals surface area contributed by atoms with Crippen molar-refractivity contribution < 1.29 is 0 Å². The van der Waals surface area contributed by atoms with E-state index in [1.165, 1.54) is 28.7 Å². The second kappa shape index (κ2) is 6.21. The van der Waals surface area contributed by atoms with Crippen LogP contribution >= 0.6 is 0 Å². The first-order valence-corrected chi connectivity index (χ1v) is 7.37. The number of fused-ring (bicyclic) bond motifs is 1. The quantitative estimate of drug-likeness (QED) is 0.915. The summed E-state index contributed by atoms with van der Waals surface area (Å²) in [4.78, 5) is 2.54. The monoisotopic (exact) mass is 266 g/mol. The molecule has 0 aliphatic carbocycles. The van der Waals surface area contributed by atoms with Crippen LogP contribution in [-0.4, -0.2) is 18.5 Å². The van der Waals surface area contributed by atoms with Crippen LogP contribution in [0.15, 0.2) is 48.5 Å². The zero-order valence-electron chi connectivity index (χ0n) is 12.1. The Morgan fingerprint density at radius 1 is 0.950 bits per heavy atom. The molecule has 1 aliphatic heterocycles. The molecule has 2 nitrogen and oxygen atoms in total. The minimum atomic E-state index is 0.942. The molecular weight excluding hydrogens is 244 g/mol. The molecule has 0 atom stereocenters. The van der Waals surface area contributed by atoms with Gasteiger partial charge in [0.15, 0.2) is 0 Å². The zero-order valence-corrected chi connectivity index (χ0v) is 12.1. The van der Waals surface area contributed by atoms with Crippen LogP contribution in [0.1, 0.15) is 22.3 Å². The third kappa shape index (κ3) is 3.09. The molecule has 0 aromatic heterocycles. The largest absolute Gasteiger partial charge is 0.316 e. The zero-order chi connectivity index (χ0) is 13.8. The fraction of sp³-hybridized carbons (Fsp3) is 0.333. The van der Waals surface area contributed by atoms with Gasteiger partial charge in [-0.3, -0.25) is 4.90 Å². The first-order valence-electron chi connectivity index (χ1n) is 7.37. The summed E-state index contributed by atoms with van der Waals surface area (Å²) in [5.41, 5.74) is 5.77. The SMILES string of the molecule is CNCc1ccc(CN2CCc3ccccc3C2)cc1. The predicted octanol–water partition coefficient (Wildman–Crippen LogP) is 2.96. The summed E-state index contributed by atoms with van der Waals surface area (Å²) < 4.78 is 0. The summed E-state index contributed by atoms with van der Waals surface area (Å²) in [6.07, 6.45) is 1.17. The second-order valence-electron chi connectivity index (χ2n) is 5.58. The van der Waals surface area contributed by atoms with E-state index in [-0.39, 0.29) is 0 Å². The number of benzene rings is 2. The Morgan fingerprint density at radius 2 is 1.65 bits per heavy atom. The third-order valence-electron chi connectivity index (χ3n) is 4.02. The molecule has 1 N–H and O–H groups in total. The minimum Gasteiger partial charge on any atom is -0.316 e. The van der Waals surface area contributed by atoms with Crippen LogP contribution in [0, 0.1) is 0 Å². The number of rotatable bonds is 4. The van der Waals surface area contributed by atoms with Crippen LogP contribution in [0.5, 0.6) is 0 Å². The fourth-order valence-corrected chi connectivity index (χ4v) is 2.91. The maximum Gasteiger partial charge on any atom is 0.0240 e. The van der Waals surface area contributed by atoms with E-state index < -0.39 is 0 Å². The molecular formula is C18H22N2. The van der Waals surface area contributed by atoms with E-state index in [0.717, 1.165) is 26.2 Å². The van der Waals surface area contributed by atoms with Gasteiger partial charge < -0.3 is 5.32 Å². The van der Waals surface area contributed by atoms with Crippen LogP contribution in [0.3, 0.4) is 0 Å². The third-order valence-corrected chi connectivity index (χ3v) is 4.02. The highest BCUT2D eigenvalue weighted by atomic mass is 15.1. The predicted molar refractivity (Wildman–Crippen MR) is 83.5 cm³/mol. The molecule has 0 radical (unpaired) electrons. The normalized spacial score (nSPS) is 15.1. The molecule has 2 heteroatoms. The lowest BCUT2D eigenvalue weighted by atomic mass is 9.99. The van der Waals surface area contributed by atoms with Crippen molar-refractivity contribution in [2.75, 3.05) is 13.6 Å². The molecule has 104 valence electrons. The van der Waals surface area contributed by atoms with Gasteiger partial charge in [0.2, 0.25) is 0 Å². The van der Waals surface area contributed by atoms with E-state index >= 15 is 0 Å². The van der Waals surface area contributed by atoms with Gasteiger partial charge in [0.1, 0.15) is 0 Å².